The van der Waals surface area contributed by atoms with Gasteiger partial charge >= 0.3 is 0 Å². The van der Waals surface area contributed by atoms with Gasteiger partial charge in [0, 0.05) is 6.07 Å². The molecule has 0 radical (unpaired) electrons. The highest BCUT2D eigenvalue weighted by molar-refractivity contribution is 8.18. The van der Waals surface area contributed by atoms with Gasteiger partial charge in [-0.05, 0) is 47.7 Å². The van der Waals surface area contributed by atoms with Crippen molar-refractivity contribution >= 4 is 34.6 Å². The Balaban J connectivity index is 1.90. The van der Waals surface area contributed by atoms with Crippen LogP contribution in [-0.2, 0) is 4.79 Å². The topological polar surface area (TPSA) is 89.4 Å². The summed E-state index contributed by atoms with van der Waals surface area (Å²) in [7, 11) is 4.60. The maximum Gasteiger partial charge on any atom is 0.264 e. The quantitative estimate of drug-likeness (QED) is 0.767. The minimum absolute atomic E-state index is 0.111. The Morgan fingerprint density at radius 1 is 1.07 bits per heavy atom. The first-order chi connectivity index (χ1) is 13.0. The van der Waals surface area contributed by atoms with Gasteiger partial charge in [0.25, 0.3) is 5.91 Å². The lowest BCUT2D eigenvalue weighted by atomic mass is 10.1. The lowest BCUT2D eigenvalue weighted by molar-refractivity contribution is -0.115. The molecule has 1 heterocycles. The van der Waals surface area contributed by atoms with Crippen molar-refractivity contribution in [2.75, 3.05) is 21.3 Å². The van der Waals surface area contributed by atoms with Crippen molar-refractivity contribution < 1.29 is 24.1 Å². The molecule has 2 aromatic rings. The lowest BCUT2D eigenvalue weighted by Gasteiger charge is -2.12. The molecule has 2 aromatic carbocycles. The van der Waals surface area contributed by atoms with Crippen LogP contribution in [0.5, 0.6) is 23.0 Å². The van der Waals surface area contributed by atoms with Gasteiger partial charge in [0.1, 0.15) is 5.75 Å². The van der Waals surface area contributed by atoms with Crippen LogP contribution in [0.4, 0.5) is 5.69 Å². The summed E-state index contributed by atoms with van der Waals surface area (Å²) in [6, 6.07) is 10.0. The minimum Gasteiger partial charge on any atom is -0.508 e. The normalized spacial score (nSPS) is 16.5. The highest BCUT2D eigenvalue weighted by atomic mass is 32.2. The molecule has 0 saturated carbocycles. The molecular formula is C19H18N2O5S. The van der Waals surface area contributed by atoms with E-state index in [-0.39, 0.29) is 11.7 Å². The first-order valence-electron chi connectivity index (χ1n) is 7.92. The fourth-order valence-electron chi connectivity index (χ4n) is 2.50. The van der Waals surface area contributed by atoms with Gasteiger partial charge in [-0.25, -0.2) is 4.99 Å². The Morgan fingerprint density at radius 3 is 2.37 bits per heavy atom. The van der Waals surface area contributed by atoms with Crippen molar-refractivity contribution in [2.24, 2.45) is 4.99 Å². The van der Waals surface area contributed by atoms with Crippen LogP contribution in [0, 0.1) is 0 Å². The fraction of sp³-hybridized carbons (Fsp3) is 0.158. The Kier molecular flexibility index (Phi) is 5.56. The van der Waals surface area contributed by atoms with Crippen LogP contribution in [0.3, 0.4) is 0 Å². The number of nitrogens with zero attached hydrogens (tertiary/aromatic N) is 1. The summed E-state index contributed by atoms with van der Waals surface area (Å²) in [6.45, 7) is 0. The highest BCUT2D eigenvalue weighted by Crippen LogP contribution is 2.39. The van der Waals surface area contributed by atoms with Crippen LogP contribution < -0.4 is 19.5 Å². The molecule has 2 N–H and O–H groups in total. The molecule has 0 aliphatic carbocycles. The monoisotopic (exact) mass is 386 g/mol. The zero-order chi connectivity index (χ0) is 19.4. The fourth-order valence-corrected chi connectivity index (χ4v) is 3.34. The molecule has 8 heteroatoms. The molecule has 140 valence electrons. The second kappa shape index (κ2) is 8.05. The van der Waals surface area contributed by atoms with Crippen LogP contribution in [-0.4, -0.2) is 37.5 Å². The predicted octanol–water partition coefficient (Wildman–Crippen LogP) is 3.31. The van der Waals surface area contributed by atoms with Gasteiger partial charge in [-0.3, -0.25) is 4.79 Å². The molecule has 0 spiro atoms. The number of carbonyl (C=O) groups is 1. The van der Waals surface area contributed by atoms with Gasteiger partial charge < -0.3 is 24.6 Å². The van der Waals surface area contributed by atoms with E-state index in [1.807, 2.05) is 0 Å². The number of phenolic OH excluding ortho intramolecular Hbond substituents is 1. The average molecular weight is 386 g/mol. The molecule has 1 fully saturated rings. The second-order valence-electron chi connectivity index (χ2n) is 5.46. The highest BCUT2D eigenvalue weighted by Gasteiger charge is 2.24. The van der Waals surface area contributed by atoms with Gasteiger partial charge in [-0.2, -0.15) is 0 Å². The minimum atomic E-state index is -0.257. The van der Waals surface area contributed by atoms with Crippen molar-refractivity contribution in [3.8, 4) is 23.0 Å². The number of methoxy groups -OCH3 is 3. The van der Waals surface area contributed by atoms with Gasteiger partial charge in [-0.1, -0.05) is 6.07 Å². The predicted molar refractivity (Wildman–Crippen MR) is 105 cm³/mol. The molecule has 27 heavy (non-hydrogen) atoms. The van der Waals surface area contributed by atoms with Crippen LogP contribution >= 0.6 is 11.8 Å². The Hall–Kier alpha value is -3.13. The average Bonchev–Trinajstić information content (AvgIpc) is 2.99. The summed E-state index contributed by atoms with van der Waals surface area (Å²) >= 11 is 1.21. The van der Waals surface area contributed by atoms with Gasteiger partial charge in [0.2, 0.25) is 5.75 Å². The number of phenols is 1. The van der Waals surface area contributed by atoms with E-state index < -0.39 is 0 Å². The zero-order valence-electron chi connectivity index (χ0n) is 15.0. The maximum atomic E-state index is 12.3. The van der Waals surface area contributed by atoms with E-state index in [9.17, 15) is 9.90 Å². The number of benzene rings is 2. The molecule has 0 aromatic heterocycles. The van der Waals surface area contributed by atoms with Crippen molar-refractivity contribution in [2.45, 2.75) is 0 Å². The number of rotatable bonds is 5. The molecule has 1 aliphatic rings. The summed E-state index contributed by atoms with van der Waals surface area (Å²) in [5, 5.41) is 12.7. The van der Waals surface area contributed by atoms with Gasteiger partial charge in [0.15, 0.2) is 16.7 Å². The lowest BCUT2D eigenvalue weighted by Crippen LogP contribution is -2.19. The first kappa shape index (κ1) is 18.7. The third kappa shape index (κ3) is 4.17. The third-order valence-corrected chi connectivity index (χ3v) is 4.61. The molecule has 3 rings (SSSR count). The number of amidine groups is 1. The zero-order valence-corrected chi connectivity index (χ0v) is 15.8. The summed E-state index contributed by atoms with van der Waals surface area (Å²) in [6.07, 6.45) is 1.72. The number of ether oxygens (including phenoxy) is 3. The standard InChI is InChI=1S/C19H18N2O5S/c1-24-14-7-11(8-15(25-2)17(14)26-3)9-16-18(23)21-19(27-16)20-12-5-4-6-13(22)10-12/h4-10,22H,1-3H3,(H,20,21,23)/b16-9+. The van der Waals surface area contributed by atoms with Crippen LogP contribution in [0.1, 0.15) is 5.56 Å². The molecule has 0 bridgehead atoms. The van der Waals surface area contributed by atoms with Crippen molar-refractivity contribution in [1.82, 2.24) is 5.32 Å². The summed E-state index contributed by atoms with van der Waals surface area (Å²) in [4.78, 5) is 17.1. The molecule has 0 unspecified atom stereocenters. The molecule has 0 atom stereocenters. The van der Waals surface area contributed by atoms with Crippen molar-refractivity contribution in [3.63, 3.8) is 0 Å². The summed E-state index contributed by atoms with van der Waals surface area (Å²) in [5.74, 6) is 1.34. The first-order valence-corrected chi connectivity index (χ1v) is 8.74. The molecular weight excluding hydrogens is 368 g/mol. The third-order valence-electron chi connectivity index (χ3n) is 3.70. The second-order valence-corrected chi connectivity index (χ2v) is 6.49. The van der Waals surface area contributed by atoms with Gasteiger partial charge in [0.05, 0.1) is 31.9 Å². The van der Waals surface area contributed by atoms with E-state index in [0.717, 1.165) is 5.56 Å². The van der Waals surface area contributed by atoms with Crippen LogP contribution in [0.15, 0.2) is 46.3 Å². The molecule has 1 amide bonds. The van der Waals surface area contributed by atoms with E-state index in [4.69, 9.17) is 14.2 Å². The smallest absolute Gasteiger partial charge is 0.264 e. The van der Waals surface area contributed by atoms with E-state index in [1.54, 1.807) is 36.4 Å². The van der Waals surface area contributed by atoms with E-state index in [2.05, 4.69) is 10.3 Å². The van der Waals surface area contributed by atoms with E-state index in [0.29, 0.717) is 33.0 Å². The van der Waals surface area contributed by atoms with Crippen LogP contribution in [0.2, 0.25) is 0 Å². The summed E-state index contributed by atoms with van der Waals surface area (Å²) < 4.78 is 16.0. The van der Waals surface area contributed by atoms with Crippen LogP contribution in [0.25, 0.3) is 6.08 Å². The van der Waals surface area contributed by atoms with Crippen molar-refractivity contribution in [3.05, 3.63) is 46.9 Å². The summed E-state index contributed by atoms with van der Waals surface area (Å²) in [5.41, 5.74) is 1.27. The number of nitrogens with one attached hydrogen (secondary N) is 1. The number of amides is 1. The molecule has 7 nitrogen and oxygen atoms in total. The number of hydrogen-bond donors (Lipinski definition) is 2. The molecule has 1 aliphatic heterocycles. The van der Waals surface area contributed by atoms with Crippen molar-refractivity contribution in [1.29, 1.82) is 0 Å². The maximum absolute atomic E-state index is 12.3. The van der Waals surface area contributed by atoms with E-state index in [1.165, 1.54) is 39.2 Å². The number of thioether (sulfide) groups is 1. The molecule has 1 saturated heterocycles. The number of aliphatic imine (C=N–C) groups is 1. The Labute approximate surface area is 160 Å². The van der Waals surface area contributed by atoms with Gasteiger partial charge in [-0.15, -0.1) is 0 Å². The number of aromatic hydroxyl groups is 1. The SMILES string of the molecule is COc1cc(/C=C2/SC(=Nc3cccc(O)c3)NC2=O)cc(OC)c1OC. The number of carbonyl (C=O) groups excluding carboxylic acids is 1. The largest absolute Gasteiger partial charge is 0.508 e. The Bertz CT molecular complexity index is 914. The Morgan fingerprint density at radius 2 is 1.78 bits per heavy atom. The number of hydrogen-bond acceptors (Lipinski definition) is 7. The van der Waals surface area contributed by atoms with E-state index >= 15 is 0 Å².